The number of hydrogen-bond acceptors (Lipinski definition) is 9. The Morgan fingerprint density at radius 3 is 2.47 bits per heavy atom. The van der Waals surface area contributed by atoms with Crippen LogP contribution in [0, 0.1) is 10.1 Å². The van der Waals surface area contributed by atoms with Crippen LogP contribution in [0.25, 0.3) is 6.08 Å². The van der Waals surface area contributed by atoms with Crippen molar-refractivity contribution in [1.29, 1.82) is 0 Å². The number of carbonyl (C=O) groups excluding carboxylic acids is 1. The molecule has 0 radical (unpaired) electrons. The Balaban J connectivity index is 1.94. The van der Waals surface area contributed by atoms with E-state index in [-0.39, 0.29) is 32.5 Å². The van der Waals surface area contributed by atoms with Crippen molar-refractivity contribution in [3.8, 4) is 11.5 Å². The standard InChI is InChI=1S/C17H11BrN2O7S3/c1-26-13-7-9(8-14-16(21)19-17(28)29-14)6-12(18)15(13)27-30(24,25)11-4-2-10(3-5-11)20(22)23/h2-8H,1H3,(H,19,21,28)/b14-8-. The largest absolute Gasteiger partial charge is 0.493 e. The summed E-state index contributed by atoms with van der Waals surface area (Å²) in [5.74, 6) is -0.356. The number of amides is 1. The van der Waals surface area contributed by atoms with E-state index in [2.05, 4.69) is 21.2 Å². The van der Waals surface area contributed by atoms with Crippen LogP contribution in [0.15, 0.2) is 50.7 Å². The molecule has 1 saturated heterocycles. The molecule has 2 aromatic rings. The number of carbonyl (C=O) groups is 1. The molecule has 2 aromatic carbocycles. The molecule has 0 aromatic heterocycles. The first-order chi connectivity index (χ1) is 14.1. The van der Waals surface area contributed by atoms with E-state index < -0.39 is 15.0 Å². The lowest BCUT2D eigenvalue weighted by Gasteiger charge is -2.13. The number of nitro benzene ring substituents is 1. The van der Waals surface area contributed by atoms with E-state index in [0.29, 0.717) is 14.8 Å². The average Bonchev–Trinajstić information content (AvgIpc) is 3.00. The van der Waals surface area contributed by atoms with Crippen LogP contribution in [0.3, 0.4) is 0 Å². The zero-order valence-electron chi connectivity index (χ0n) is 14.9. The van der Waals surface area contributed by atoms with E-state index in [0.717, 1.165) is 36.0 Å². The molecule has 1 heterocycles. The van der Waals surface area contributed by atoms with Crippen molar-refractivity contribution in [2.24, 2.45) is 0 Å². The summed E-state index contributed by atoms with van der Waals surface area (Å²) < 4.78 is 36.2. The molecule has 9 nitrogen and oxygen atoms in total. The molecule has 0 saturated carbocycles. The van der Waals surface area contributed by atoms with Crippen LogP contribution in [0.1, 0.15) is 5.56 Å². The molecule has 0 spiro atoms. The molecule has 0 atom stereocenters. The van der Waals surface area contributed by atoms with Crippen molar-refractivity contribution < 1.29 is 27.1 Å². The van der Waals surface area contributed by atoms with Gasteiger partial charge in [-0.3, -0.25) is 14.9 Å². The second-order valence-electron chi connectivity index (χ2n) is 5.67. The first-order valence-electron chi connectivity index (χ1n) is 7.92. The van der Waals surface area contributed by atoms with Gasteiger partial charge in [0.05, 0.1) is 21.4 Å². The maximum Gasteiger partial charge on any atom is 0.339 e. The van der Waals surface area contributed by atoms with Gasteiger partial charge in [0.15, 0.2) is 11.5 Å². The van der Waals surface area contributed by atoms with Gasteiger partial charge in [-0.05, 0) is 51.8 Å². The molecule has 156 valence electrons. The monoisotopic (exact) mass is 530 g/mol. The van der Waals surface area contributed by atoms with Crippen LogP contribution >= 0.6 is 39.9 Å². The fourth-order valence-corrected chi connectivity index (χ4v) is 5.02. The van der Waals surface area contributed by atoms with Gasteiger partial charge in [-0.1, -0.05) is 24.0 Å². The second-order valence-corrected chi connectivity index (χ2v) is 9.79. The number of rotatable bonds is 6. The van der Waals surface area contributed by atoms with E-state index >= 15 is 0 Å². The van der Waals surface area contributed by atoms with Gasteiger partial charge in [-0.2, -0.15) is 8.42 Å². The Morgan fingerprint density at radius 2 is 1.93 bits per heavy atom. The Morgan fingerprint density at radius 1 is 1.27 bits per heavy atom. The number of nitrogens with zero attached hydrogens (tertiary/aromatic N) is 1. The molecule has 1 aliphatic rings. The van der Waals surface area contributed by atoms with E-state index in [1.54, 1.807) is 12.1 Å². The Hall–Kier alpha value is -2.48. The van der Waals surface area contributed by atoms with Crippen molar-refractivity contribution in [3.63, 3.8) is 0 Å². The van der Waals surface area contributed by atoms with Gasteiger partial charge >= 0.3 is 10.1 Å². The molecule has 30 heavy (non-hydrogen) atoms. The summed E-state index contributed by atoms with van der Waals surface area (Å²) in [5.41, 5.74) is 0.291. The van der Waals surface area contributed by atoms with Crippen LogP contribution in [-0.4, -0.2) is 30.7 Å². The molecule has 0 bridgehead atoms. The van der Waals surface area contributed by atoms with Crippen molar-refractivity contribution in [2.75, 3.05) is 7.11 Å². The first kappa shape index (κ1) is 22.2. The minimum absolute atomic E-state index is 0.0905. The molecule has 13 heteroatoms. The van der Waals surface area contributed by atoms with E-state index in [1.165, 1.54) is 13.2 Å². The van der Waals surface area contributed by atoms with Gasteiger partial charge in [-0.25, -0.2) is 0 Å². The predicted molar refractivity (Wildman–Crippen MR) is 118 cm³/mol. The van der Waals surface area contributed by atoms with Crippen molar-refractivity contribution in [1.82, 2.24) is 5.32 Å². The highest BCUT2D eigenvalue weighted by molar-refractivity contribution is 9.10. The molecule has 1 fully saturated rings. The topological polar surface area (TPSA) is 125 Å². The molecule has 0 unspecified atom stereocenters. The Kier molecular flexibility index (Phi) is 6.45. The summed E-state index contributed by atoms with van der Waals surface area (Å²) in [6, 6.07) is 7.31. The van der Waals surface area contributed by atoms with Crippen molar-refractivity contribution in [3.05, 3.63) is 61.5 Å². The summed E-state index contributed by atoms with van der Waals surface area (Å²) in [6.07, 6.45) is 1.57. The fraction of sp³-hybridized carbons (Fsp3) is 0.0588. The number of benzene rings is 2. The van der Waals surface area contributed by atoms with E-state index in [1.807, 2.05) is 0 Å². The number of hydrogen-bond donors (Lipinski definition) is 1. The lowest BCUT2D eigenvalue weighted by atomic mass is 10.2. The first-order valence-corrected chi connectivity index (χ1v) is 11.3. The number of non-ortho nitro benzene ring substituents is 1. The smallest absolute Gasteiger partial charge is 0.339 e. The fourth-order valence-electron chi connectivity index (χ4n) is 2.37. The maximum atomic E-state index is 12.6. The Bertz CT molecular complexity index is 1190. The summed E-state index contributed by atoms with van der Waals surface area (Å²) in [7, 11) is -2.97. The third-order valence-corrected chi connectivity index (χ3v) is 6.71. The summed E-state index contributed by atoms with van der Waals surface area (Å²) in [6.45, 7) is 0. The lowest BCUT2D eigenvalue weighted by molar-refractivity contribution is -0.384. The SMILES string of the molecule is COc1cc(/C=C2\SC(=S)NC2=O)cc(Br)c1OS(=O)(=O)c1ccc([N+](=O)[O-])cc1. The molecular formula is C17H11BrN2O7S3. The summed E-state index contributed by atoms with van der Waals surface area (Å²) in [5, 5.41) is 13.2. The molecule has 3 rings (SSSR count). The molecule has 1 amide bonds. The zero-order valence-corrected chi connectivity index (χ0v) is 19.0. The molecular weight excluding hydrogens is 520 g/mol. The van der Waals surface area contributed by atoms with Gasteiger partial charge in [0.25, 0.3) is 11.6 Å². The molecule has 1 aliphatic heterocycles. The average molecular weight is 531 g/mol. The van der Waals surface area contributed by atoms with Gasteiger partial charge in [0.2, 0.25) is 0 Å². The van der Waals surface area contributed by atoms with Crippen molar-refractivity contribution in [2.45, 2.75) is 4.90 Å². The minimum atomic E-state index is -4.30. The van der Waals surface area contributed by atoms with Gasteiger partial charge in [0, 0.05) is 12.1 Å². The van der Waals surface area contributed by atoms with Crippen LogP contribution in [0.5, 0.6) is 11.5 Å². The number of thiocarbonyl (C=S) groups is 1. The number of methoxy groups -OCH3 is 1. The van der Waals surface area contributed by atoms with Crippen LogP contribution in [0.4, 0.5) is 5.69 Å². The third kappa shape index (κ3) is 4.80. The van der Waals surface area contributed by atoms with Crippen LogP contribution in [0.2, 0.25) is 0 Å². The van der Waals surface area contributed by atoms with Gasteiger partial charge in [-0.15, -0.1) is 0 Å². The van der Waals surface area contributed by atoms with Gasteiger partial charge in [0.1, 0.15) is 9.22 Å². The Labute approximate surface area is 188 Å². The highest BCUT2D eigenvalue weighted by atomic mass is 79.9. The van der Waals surface area contributed by atoms with Crippen molar-refractivity contribution >= 4 is 72.0 Å². The number of nitrogens with one attached hydrogen (secondary N) is 1. The number of nitro groups is 1. The highest BCUT2D eigenvalue weighted by Gasteiger charge is 2.25. The number of halogens is 1. The lowest BCUT2D eigenvalue weighted by Crippen LogP contribution is -2.17. The van der Waals surface area contributed by atoms with E-state index in [9.17, 15) is 23.3 Å². The van der Waals surface area contributed by atoms with E-state index in [4.69, 9.17) is 21.1 Å². The number of ether oxygens (including phenoxy) is 1. The second kappa shape index (κ2) is 8.71. The van der Waals surface area contributed by atoms with Crippen LogP contribution < -0.4 is 14.2 Å². The summed E-state index contributed by atoms with van der Waals surface area (Å²) in [4.78, 5) is 22.0. The molecule has 1 N–H and O–H groups in total. The zero-order chi connectivity index (χ0) is 22.1. The van der Waals surface area contributed by atoms with Gasteiger partial charge < -0.3 is 14.2 Å². The quantitative estimate of drug-likeness (QED) is 0.196. The summed E-state index contributed by atoms with van der Waals surface area (Å²) >= 11 is 9.30. The maximum absolute atomic E-state index is 12.6. The molecule has 0 aliphatic carbocycles. The third-order valence-electron chi connectivity index (χ3n) is 3.72. The minimum Gasteiger partial charge on any atom is -0.493 e. The van der Waals surface area contributed by atoms with Crippen LogP contribution in [-0.2, 0) is 14.9 Å². The normalized spacial score (nSPS) is 15.2. The number of thioether (sulfide) groups is 1. The highest BCUT2D eigenvalue weighted by Crippen LogP contribution is 2.39. The predicted octanol–water partition coefficient (Wildman–Crippen LogP) is 3.62.